The second-order valence-electron chi connectivity index (χ2n) is 9.68. The standard InChI is InChI=1S/C24H41N3O7S/c1-17-14-22(23(27(17)24(29)33-5)16-34-21-12-8-19(28)9-13-21)26(35(30,31)25(2)3)15-18-6-10-20(32-4)11-7-18/h6-7,10-11,17,19,21-24,28-29H,8-9,12-16H2,1-5H3/t17-,19?,21?,22+,23+,24?/m1/s1. The van der Waals surface area contributed by atoms with Crippen molar-refractivity contribution in [2.45, 2.75) is 82.3 Å². The normalized spacial score (nSPS) is 29.1. The third kappa shape index (κ3) is 6.72. The van der Waals surface area contributed by atoms with Gasteiger partial charge in [-0.1, -0.05) is 12.1 Å². The number of hydrogen-bond donors (Lipinski definition) is 2. The summed E-state index contributed by atoms with van der Waals surface area (Å²) < 4.78 is 46.5. The van der Waals surface area contributed by atoms with Gasteiger partial charge in [0.05, 0.1) is 32.0 Å². The van der Waals surface area contributed by atoms with Gasteiger partial charge in [0, 0.05) is 39.8 Å². The zero-order valence-electron chi connectivity index (χ0n) is 21.4. The molecule has 0 amide bonds. The zero-order chi connectivity index (χ0) is 25.8. The smallest absolute Gasteiger partial charge is 0.282 e. The second kappa shape index (κ2) is 12.3. The van der Waals surface area contributed by atoms with Crippen molar-refractivity contribution < 1.29 is 32.8 Å². The maximum Gasteiger partial charge on any atom is 0.282 e. The first-order valence-corrected chi connectivity index (χ1v) is 13.6. The molecule has 2 aliphatic rings. The van der Waals surface area contributed by atoms with E-state index in [1.807, 2.05) is 31.2 Å². The van der Waals surface area contributed by atoms with Gasteiger partial charge in [0.15, 0.2) is 0 Å². The van der Waals surface area contributed by atoms with Gasteiger partial charge in [0.1, 0.15) is 5.75 Å². The molecule has 200 valence electrons. The second-order valence-corrected chi connectivity index (χ2v) is 11.8. The van der Waals surface area contributed by atoms with E-state index in [-0.39, 0.29) is 31.4 Å². The van der Waals surface area contributed by atoms with Crippen LogP contribution >= 0.6 is 0 Å². The van der Waals surface area contributed by atoms with Crippen LogP contribution in [0.15, 0.2) is 24.3 Å². The first kappa shape index (κ1) is 28.3. The van der Waals surface area contributed by atoms with Crippen LogP contribution in [0.4, 0.5) is 0 Å². The van der Waals surface area contributed by atoms with E-state index in [0.717, 1.165) is 18.4 Å². The highest BCUT2D eigenvalue weighted by Gasteiger charge is 2.48. The largest absolute Gasteiger partial charge is 0.497 e. The van der Waals surface area contributed by atoms with Crippen molar-refractivity contribution in [3.63, 3.8) is 0 Å². The lowest BCUT2D eigenvalue weighted by atomic mass is 9.95. The lowest BCUT2D eigenvalue weighted by Crippen LogP contribution is -2.55. The fraction of sp³-hybridized carbons (Fsp3) is 0.750. The average molecular weight is 516 g/mol. The minimum atomic E-state index is -3.80. The molecular weight excluding hydrogens is 474 g/mol. The van der Waals surface area contributed by atoms with E-state index in [9.17, 15) is 18.6 Å². The number of aliphatic hydroxyl groups is 2. The summed E-state index contributed by atoms with van der Waals surface area (Å²) in [5.41, 5.74) is 0.829. The minimum absolute atomic E-state index is 0.00279. The summed E-state index contributed by atoms with van der Waals surface area (Å²) in [4.78, 5) is 1.80. The van der Waals surface area contributed by atoms with Gasteiger partial charge in [0.2, 0.25) is 6.41 Å². The minimum Gasteiger partial charge on any atom is -0.497 e. The number of likely N-dealkylation sites (tertiary alicyclic amines) is 1. The van der Waals surface area contributed by atoms with E-state index < -0.39 is 28.7 Å². The molecule has 0 bridgehead atoms. The Hall–Kier alpha value is -1.31. The first-order valence-electron chi connectivity index (χ1n) is 12.2. The number of aliphatic hydroxyl groups excluding tert-OH is 2. The van der Waals surface area contributed by atoms with Gasteiger partial charge in [-0.2, -0.15) is 17.0 Å². The quantitative estimate of drug-likeness (QED) is 0.425. The third-order valence-electron chi connectivity index (χ3n) is 7.16. The van der Waals surface area contributed by atoms with Crippen molar-refractivity contribution in [1.82, 2.24) is 13.5 Å². The Morgan fingerprint density at radius 3 is 2.29 bits per heavy atom. The Bertz CT molecular complexity index is 891. The van der Waals surface area contributed by atoms with Gasteiger partial charge in [-0.15, -0.1) is 0 Å². The molecule has 1 aliphatic heterocycles. The van der Waals surface area contributed by atoms with E-state index in [4.69, 9.17) is 14.2 Å². The van der Waals surface area contributed by atoms with Crippen LogP contribution in [0, 0.1) is 0 Å². The molecule has 2 N–H and O–H groups in total. The predicted molar refractivity (Wildman–Crippen MR) is 132 cm³/mol. The highest BCUT2D eigenvalue weighted by molar-refractivity contribution is 7.86. The molecule has 10 nitrogen and oxygen atoms in total. The average Bonchev–Trinajstić information content (AvgIpc) is 3.17. The van der Waals surface area contributed by atoms with Gasteiger partial charge in [-0.25, -0.2) is 4.90 Å². The van der Waals surface area contributed by atoms with Gasteiger partial charge in [-0.3, -0.25) is 0 Å². The van der Waals surface area contributed by atoms with Gasteiger partial charge < -0.3 is 24.4 Å². The summed E-state index contributed by atoms with van der Waals surface area (Å²) in [5.74, 6) is 0.698. The molecule has 0 radical (unpaired) electrons. The van der Waals surface area contributed by atoms with Crippen molar-refractivity contribution in [3.05, 3.63) is 29.8 Å². The van der Waals surface area contributed by atoms with E-state index in [1.165, 1.54) is 29.8 Å². The van der Waals surface area contributed by atoms with Crippen LogP contribution in [0.2, 0.25) is 0 Å². The van der Waals surface area contributed by atoms with Crippen LogP contribution < -0.4 is 4.74 Å². The molecule has 1 saturated carbocycles. The van der Waals surface area contributed by atoms with Crippen LogP contribution in [0.25, 0.3) is 0 Å². The molecule has 1 aromatic rings. The molecule has 3 rings (SSSR count). The molecule has 2 fully saturated rings. The molecule has 1 unspecified atom stereocenters. The summed E-state index contributed by atoms with van der Waals surface area (Å²) in [5, 5.41) is 20.5. The van der Waals surface area contributed by atoms with Gasteiger partial charge in [0.25, 0.3) is 10.2 Å². The first-order chi connectivity index (χ1) is 16.6. The number of methoxy groups -OCH3 is 2. The molecule has 1 aliphatic carbocycles. The van der Waals surface area contributed by atoms with Crippen LogP contribution in [-0.4, -0.2) is 104 Å². The predicted octanol–water partition coefficient (Wildman–Crippen LogP) is 1.38. The lowest BCUT2D eigenvalue weighted by Gasteiger charge is -2.38. The van der Waals surface area contributed by atoms with Crippen molar-refractivity contribution >= 4 is 10.2 Å². The van der Waals surface area contributed by atoms with Crippen LogP contribution in [0.5, 0.6) is 5.75 Å². The number of ether oxygens (including phenoxy) is 3. The molecule has 35 heavy (non-hydrogen) atoms. The maximum atomic E-state index is 13.5. The Kier molecular flexibility index (Phi) is 9.92. The van der Waals surface area contributed by atoms with Crippen molar-refractivity contribution in [2.24, 2.45) is 0 Å². The molecule has 0 aromatic heterocycles. The van der Waals surface area contributed by atoms with Crippen molar-refractivity contribution in [3.8, 4) is 5.75 Å². The molecule has 4 atom stereocenters. The molecule has 11 heteroatoms. The maximum absolute atomic E-state index is 13.5. The lowest BCUT2D eigenvalue weighted by molar-refractivity contribution is -0.200. The SMILES string of the molecule is COc1ccc(CN([C@H]2C[C@@H](C)N(C(O)OC)[C@H]2COC2CCC(O)CC2)S(=O)(=O)N(C)C)cc1. The van der Waals surface area contributed by atoms with Gasteiger partial charge >= 0.3 is 0 Å². The topological polar surface area (TPSA) is 112 Å². The highest BCUT2D eigenvalue weighted by Crippen LogP contribution is 2.34. The Balaban J connectivity index is 1.90. The fourth-order valence-electron chi connectivity index (χ4n) is 5.10. The Morgan fingerprint density at radius 2 is 1.74 bits per heavy atom. The van der Waals surface area contributed by atoms with Crippen LogP contribution in [-0.2, 0) is 26.2 Å². The number of hydrogen-bond acceptors (Lipinski definition) is 8. The molecule has 0 spiro atoms. The molecular formula is C24H41N3O7S. The Morgan fingerprint density at radius 1 is 1.11 bits per heavy atom. The van der Waals surface area contributed by atoms with E-state index in [0.29, 0.717) is 25.0 Å². The van der Waals surface area contributed by atoms with Crippen LogP contribution in [0.1, 0.15) is 44.6 Å². The van der Waals surface area contributed by atoms with Gasteiger partial charge in [-0.05, 0) is 56.7 Å². The van der Waals surface area contributed by atoms with Crippen molar-refractivity contribution in [2.75, 3.05) is 34.9 Å². The zero-order valence-corrected chi connectivity index (χ0v) is 22.2. The van der Waals surface area contributed by atoms with E-state index in [1.54, 1.807) is 12.0 Å². The number of benzene rings is 1. The summed E-state index contributed by atoms with van der Waals surface area (Å²) >= 11 is 0. The number of rotatable bonds is 11. The molecule has 1 heterocycles. The summed E-state index contributed by atoms with van der Waals surface area (Å²) in [7, 11) is 2.26. The van der Waals surface area contributed by atoms with Crippen molar-refractivity contribution in [1.29, 1.82) is 0 Å². The summed E-state index contributed by atoms with van der Waals surface area (Å²) in [6, 6.07) is 6.34. The highest BCUT2D eigenvalue weighted by atomic mass is 32.2. The fourth-order valence-corrected chi connectivity index (χ4v) is 6.40. The Labute approximate surface area is 209 Å². The monoisotopic (exact) mass is 515 g/mol. The molecule has 1 saturated heterocycles. The third-order valence-corrected chi connectivity index (χ3v) is 9.07. The number of nitrogens with zero attached hydrogens (tertiary/aromatic N) is 3. The van der Waals surface area contributed by atoms with E-state index in [2.05, 4.69) is 0 Å². The van der Waals surface area contributed by atoms with E-state index >= 15 is 0 Å². The summed E-state index contributed by atoms with van der Waals surface area (Å²) in [6.07, 6.45) is 1.95. The summed E-state index contributed by atoms with van der Waals surface area (Å²) in [6.45, 7) is 2.38. The van der Waals surface area contributed by atoms with Crippen LogP contribution in [0.3, 0.4) is 0 Å². The molecule has 1 aromatic carbocycles.